The molecular formula is C26H18N4O. The Morgan fingerprint density at radius 2 is 1.45 bits per heavy atom. The van der Waals surface area contributed by atoms with Crippen molar-refractivity contribution in [3.8, 4) is 34.1 Å². The van der Waals surface area contributed by atoms with Crippen LogP contribution in [0.3, 0.4) is 0 Å². The van der Waals surface area contributed by atoms with Crippen LogP contribution in [0.25, 0.3) is 33.7 Å². The second kappa shape index (κ2) is 7.15. The lowest BCUT2D eigenvalue weighted by molar-refractivity contribution is 0.483. The molecule has 0 radical (unpaired) electrons. The van der Waals surface area contributed by atoms with Gasteiger partial charge in [-0.3, -0.25) is 4.40 Å². The van der Waals surface area contributed by atoms with Crippen molar-refractivity contribution < 1.29 is 4.74 Å². The van der Waals surface area contributed by atoms with Gasteiger partial charge in [-0.1, -0.05) is 36.4 Å². The molecule has 0 atom stereocenters. The Balaban J connectivity index is 1.34. The van der Waals surface area contributed by atoms with Gasteiger partial charge in [0, 0.05) is 23.5 Å². The molecule has 0 aliphatic rings. The molecule has 0 N–H and O–H groups in total. The molecule has 0 saturated carbocycles. The molecule has 0 bridgehead atoms. The largest absolute Gasteiger partial charge is 0.457 e. The zero-order valence-corrected chi connectivity index (χ0v) is 16.6. The van der Waals surface area contributed by atoms with Gasteiger partial charge in [0.05, 0.1) is 29.3 Å². The number of benzene rings is 2. The van der Waals surface area contributed by atoms with Crippen LogP contribution in [0.5, 0.6) is 11.5 Å². The maximum Gasteiger partial charge on any atom is 0.144 e. The van der Waals surface area contributed by atoms with Gasteiger partial charge in [0.1, 0.15) is 17.3 Å². The molecule has 5 nitrogen and oxygen atoms in total. The molecule has 6 rings (SSSR count). The third-order valence-corrected chi connectivity index (χ3v) is 5.32. The maximum absolute atomic E-state index is 6.21. The second-order valence-corrected chi connectivity index (χ2v) is 7.32. The van der Waals surface area contributed by atoms with E-state index in [2.05, 4.69) is 26.5 Å². The molecule has 0 saturated heterocycles. The van der Waals surface area contributed by atoms with E-state index < -0.39 is 0 Å². The first kappa shape index (κ1) is 17.5. The molecule has 148 valence electrons. The summed E-state index contributed by atoms with van der Waals surface area (Å²) in [4.78, 5) is 9.17. The minimum absolute atomic E-state index is 0.761. The molecule has 6 aromatic rings. The molecule has 31 heavy (non-hydrogen) atoms. The lowest BCUT2D eigenvalue weighted by Gasteiger charge is -2.09. The maximum atomic E-state index is 6.21. The average molecular weight is 402 g/mol. The topological polar surface area (TPSA) is 43.8 Å². The van der Waals surface area contributed by atoms with Crippen molar-refractivity contribution in [2.75, 3.05) is 0 Å². The van der Waals surface area contributed by atoms with Gasteiger partial charge in [-0.25, -0.2) is 9.97 Å². The third kappa shape index (κ3) is 3.13. The summed E-state index contributed by atoms with van der Waals surface area (Å²) in [5.41, 5.74) is 5.07. The predicted molar refractivity (Wildman–Crippen MR) is 121 cm³/mol. The first-order valence-corrected chi connectivity index (χ1v) is 10.1. The molecular weight excluding hydrogens is 384 g/mol. The molecule has 5 heteroatoms. The Bertz CT molecular complexity index is 1410. The highest BCUT2D eigenvalue weighted by molar-refractivity contribution is 5.77. The highest BCUT2D eigenvalue weighted by Gasteiger charge is 2.10. The standard InChI is InChI=1S/C26H18N4O/c1-4-14-30-21(9-1)17-27-26(30)20-8-6-11-23(16-20)31-22-10-5-7-19(15-22)25-24-12-2-3-13-29(24)18-28-25/h1-18H. The van der Waals surface area contributed by atoms with Crippen LogP contribution in [0.4, 0.5) is 0 Å². The number of aromatic nitrogens is 4. The molecule has 0 fully saturated rings. The number of fused-ring (bicyclic) bond motifs is 2. The van der Waals surface area contributed by atoms with Crippen molar-refractivity contribution in [3.63, 3.8) is 0 Å². The number of nitrogens with zero attached hydrogens (tertiary/aromatic N) is 4. The van der Waals surface area contributed by atoms with Gasteiger partial charge in [-0.05, 0) is 48.5 Å². The van der Waals surface area contributed by atoms with E-state index in [0.29, 0.717) is 0 Å². The van der Waals surface area contributed by atoms with Gasteiger partial charge >= 0.3 is 0 Å². The lowest BCUT2D eigenvalue weighted by Crippen LogP contribution is -1.90. The summed E-state index contributed by atoms with van der Waals surface area (Å²) in [6.45, 7) is 0. The molecule has 2 aromatic carbocycles. The van der Waals surface area contributed by atoms with Crippen molar-refractivity contribution >= 4 is 11.0 Å². The van der Waals surface area contributed by atoms with Crippen LogP contribution in [0.1, 0.15) is 0 Å². The number of hydrogen-bond acceptors (Lipinski definition) is 3. The summed E-state index contributed by atoms with van der Waals surface area (Å²) in [7, 11) is 0. The van der Waals surface area contributed by atoms with E-state index in [0.717, 1.165) is 45.2 Å². The van der Waals surface area contributed by atoms with Crippen molar-refractivity contribution in [1.82, 2.24) is 18.8 Å². The Kier molecular flexibility index (Phi) is 4.03. The fourth-order valence-corrected chi connectivity index (χ4v) is 3.87. The van der Waals surface area contributed by atoms with Crippen LogP contribution in [-0.4, -0.2) is 18.8 Å². The van der Waals surface area contributed by atoms with E-state index in [9.17, 15) is 0 Å². The van der Waals surface area contributed by atoms with Crippen molar-refractivity contribution in [3.05, 3.63) is 110 Å². The number of hydrogen-bond donors (Lipinski definition) is 0. The van der Waals surface area contributed by atoms with Crippen molar-refractivity contribution in [2.45, 2.75) is 0 Å². The van der Waals surface area contributed by atoms with E-state index in [4.69, 9.17) is 4.74 Å². The summed E-state index contributed by atoms with van der Waals surface area (Å²) in [6.07, 6.45) is 7.72. The van der Waals surface area contributed by atoms with Crippen LogP contribution in [-0.2, 0) is 0 Å². The Labute approximate surface area is 178 Å². The Morgan fingerprint density at radius 1 is 0.677 bits per heavy atom. The quantitative estimate of drug-likeness (QED) is 0.357. The van der Waals surface area contributed by atoms with Crippen LogP contribution in [0, 0.1) is 0 Å². The van der Waals surface area contributed by atoms with Gasteiger partial charge in [-0.15, -0.1) is 0 Å². The molecule has 0 amide bonds. The van der Waals surface area contributed by atoms with E-state index in [1.54, 1.807) is 0 Å². The van der Waals surface area contributed by atoms with Gasteiger partial charge in [0.2, 0.25) is 0 Å². The Morgan fingerprint density at radius 3 is 2.35 bits per heavy atom. The Hall–Kier alpha value is -4.38. The van der Waals surface area contributed by atoms with E-state index >= 15 is 0 Å². The molecule has 0 aliphatic heterocycles. The zero-order valence-electron chi connectivity index (χ0n) is 16.6. The molecule has 0 unspecified atom stereocenters. The molecule has 4 heterocycles. The third-order valence-electron chi connectivity index (χ3n) is 5.32. The summed E-state index contributed by atoms with van der Waals surface area (Å²) >= 11 is 0. The number of pyridine rings is 2. The van der Waals surface area contributed by atoms with Gasteiger partial charge in [0.25, 0.3) is 0 Å². The molecule has 4 aromatic heterocycles. The highest BCUT2D eigenvalue weighted by Crippen LogP contribution is 2.31. The van der Waals surface area contributed by atoms with Crippen LogP contribution in [0.2, 0.25) is 0 Å². The van der Waals surface area contributed by atoms with Gasteiger partial charge in [0.15, 0.2) is 0 Å². The first-order chi connectivity index (χ1) is 15.3. The average Bonchev–Trinajstić information content (AvgIpc) is 3.44. The van der Waals surface area contributed by atoms with E-state index in [-0.39, 0.29) is 0 Å². The van der Waals surface area contributed by atoms with E-state index in [1.165, 1.54) is 0 Å². The minimum atomic E-state index is 0.761. The molecule has 0 spiro atoms. The van der Waals surface area contributed by atoms with Gasteiger partial charge in [-0.2, -0.15) is 0 Å². The summed E-state index contributed by atoms with van der Waals surface area (Å²) in [5.74, 6) is 2.41. The fourth-order valence-electron chi connectivity index (χ4n) is 3.87. The van der Waals surface area contributed by atoms with E-state index in [1.807, 2.05) is 102 Å². The number of ether oxygens (including phenoxy) is 1. The first-order valence-electron chi connectivity index (χ1n) is 10.1. The fraction of sp³-hybridized carbons (Fsp3) is 0. The van der Waals surface area contributed by atoms with Crippen LogP contribution >= 0.6 is 0 Å². The van der Waals surface area contributed by atoms with Crippen molar-refractivity contribution in [2.24, 2.45) is 0 Å². The van der Waals surface area contributed by atoms with Crippen LogP contribution in [0.15, 0.2) is 110 Å². The van der Waals surface area contributed by atoms with Crippen LogP contribution < -0.4 is 4.74 Å². The summed E-state index contributed by atoms with van der Waals surface area (Å²) in [5, 5.41) is 0. The van der Waals surface area contributed by atoms with Crippen molar-refractivity contribution in [1.29, 1.82) is 0 Å². The minimum Gasteiger partial charge on any atom is -0.457 e. The smallest absolute Gasteiger partial charge is 0.144 e. The predicted octanol–water partition coefficient (Wildman–Crippen LogP) is 6.11. The normalized spacial score (nSPS) is 11.2. The van der Waals surface area contributed by atoms with Gasteiger partial charge < -0.3 is 9.14 Å². The molecule has 0 aliphatic carbocycles. The SMILES string of the molecule is c1cc(Oc2cccc(-c3ncc4ccccn34)c2)cc(-c2ncn3ccccc23)c1. The number of rotatable bonds is 4. The monoisotopic (exact) mass is 402 g/mol. The number of imidazole rings is 2. The summed E-state index contributed by atoms with van der Waals surface area (Å²) in [6, 6.07) is 28.2. The second-order valence-electron chi connectivity index (χ2n) is 7.32. The summed E-state index contributed by atoms with van der Waals surface area (Å²) < 4.78 is 10.3. The lowest BCUT2D eigenvalue weighted by atomic mass is 10.1. The highest BCUT2D eigenvalue weighted by atomic mass is 16.5. The zero-order chi connectivity index (χ0) is 20.6.